The van der Waals surface area contributed by atoms with Gasteiger partial charge in [-0.25, -0.2) is 4.79 Å². The Morgan fingerprint density at radius 1 is 1.00 bits per heavy atom. The van der Waals surface area contributed by atoms with Crippen LogP contribution in [0.15, 0.2) is 42.5 Å². The molecule has 0 aliphatic carbocycles. The van der Waals surface area contributed by atoms with Crippen molar-refractivity contribution in [3.8, 4) is 0 Å². The number of hydrogen-bond acceptors (Lipinski definition) is 6. The largest absolute Gasteiger partial charge is 0.465 e. The third-order valence-electron chi connectivity index (χ3n) is 5.45. The third-order valence-corrected chi connectivity index (χ3v) is 5.45. The number of esters is 1. The number of rotatable bonds is 9. The summed E-state index contributed by atoms with van der Waals surface area (Å²) in [7, 11) is 1.35. The lowest BCUT2D eigenvalue weighted by Crippen LogP contribution is -2.40. The summed E-state index contributed by atoms with van der Waals surface area (Å²) < 4.78 is 10.1. The van der Waals surface area contributed by atoms with Crippen LogP contribution < -0.4 is 10.6 Å². The van der Waals surface area contributed by atoms with Crippen molar-refractivity contribution in [2.24, 2.45) is 0 Å². The molecule has 2 aromatic carbocycles. The van der Waals surface area contributed by atoms with Crippen molar-refractivity contribution in [1.82, 2.24) is 4.90 Å². The van der Waals surface area contributed by atoms with Crippen molar-refractivity contribution in [2.45, 2.75) is 32.7 Å². The fraction of sp³-hybridized carbons (Fsp3) is 0.400. The molecule has 176 valence electrons. The van der Waals surface area contributed by atoms with Crippen LogP contribution in [-0.4, -0.2) is 56.1 Å². The molecule has 2 aromatic rings. The normalized spacial score (nSPS) is 13.3. The molecular formula is C25H31N3O5. The minimum Gasteiger partial charge on any atom is -0.465 e. The predicted molar refractivity (Wildman–Crippen MR) is 126 cm³/mol. The van der Waals surface area contributed by atoms with E-state index in [-0.39, 0.29) is 17.8 Å². The van der Waals surface area contributed by atoms with Crippen LogP contribution in [0.4, 0.5) is 11.4 Å². The van der Waals surface area contributed by atoms with Gasteiger partial charge in [-0.3, -0.25) is 9.59 Å². The van der Waals surface area contributed by atoms with Crippen LogP contribution in [0.5, 0.6) is 0 Å². The van der Waals surface area contributed by atoms with Gasteiger partial charge in [0.15, 0.2) is 0 Å². The minimum atomic E-state index is -0.388. The number of anilines is 2. The van der Waals surface area contributed by atoms with E-state index in [0.717, 1.165) is 18.4 Å². The molecule has 33 heavy (non-hydrogen) atoms. The van der Waals surface area contributed by atoms with Crippen LogP contribution in [0.1, 0.15) is 52.5 Å². The average Bonchev–Trinajstić information content (AvgIpc) is 2.86. The molecule has 1 aliphatic rings. The summed E-state index contributed by atoms with van der Waals surface area (Å²) in [5, 5.41) is 6.28. The van der Waals surface area contributed by atoms with Crippen LogP contribution >= 0.6 is 0 Å². The fourth-order valence-electron chi connectivity index (χ4n) is 3.51. The van der Waals surface area contributed by atoms with Crippen molar-refractivity contribution < 1.29 is 23.9 Å². The second kappa shape index (κ2) is 12.0. The number of ether oxygens (including phenoxy) is 2. The van der Waals surface area contributed by atoms with E-state index in [2.05, 4.69) is 10.6 Å². The molecule has 0 bridgehead atoms. The van der Waals surface area contributed by atoms with E-state index in [0.29, 0.717) is 61.8 Å². The maximum Gasteiger partial charge on any atom is 0.337 e. The summed E-state index contributed by atoms with van der Waals surface area (Å²) in [5.74, 6) is -0.511. The standard InChI is InChI=1S/C25H31N3O5/c1-3-4-5-23(29)27-21-11-10-20(24(30)28-12-14-33-15-13-28)16-22(21)26-17-18-6-8-19(9-7-18)25(31)32-2/h6-11,16,26H,3-5,12-15,17H2,1-2H3,(H,27,29). The Bertz CT molecular complexity index is 969. The molecule has 8 nitrogen and oxygen atoms in total. The SMILES string of the molecule is CCCCC(=O)Nc1ccc(C(=O)N2CCOCC2)cc1NCc1ccc(C(=O)OC)cc1. The molecule has 3 rings (SSSR count). The number of nitrogens with zero attached hydrogens (tertiary/aromatic N) is 1. The van der Waals surface area contributed by atoms with Gasteiger partial charge in [0, 0.05) is 31.6 Å². The van der Waals surface area contributed by atoms with Gasteiger partial charge in [0.1, 0.15) is 0 Å². The Hall–Kier alpha value is -3.39. The fourth-order valence-corrected chi connectivity index (χ4v) is 3.51. The van der Waals surface area contributed by atoms with Crippen LogP contribution in [0.2, 0.25) is 0 Å². The van der Waals surface area contributed by atoms with Gasteiger partial charge in [-0.15, -0.1) is 0 Å². The summed E-state index contributed by atoms with van der Waals surface area (Å²) in [6, 6.07) is 12.4. The molecule has 0 radical (unpaired) electrons. The highest BCUT2D eigenvalue weighted by atomic mass is 16.5. The maximum absolute atomic E-state index is 12.9. The van der Waals surface area contributed by atoms with Crippen molar-refractivity contribution in [2.75, 3.05) is 44.0 Å². The predicted octanol–water partition coefficient (Wildman–Crippen LogP) is 3.69. The van der Waals surface area contributed by atoms with Gasteiger partial charge in [-0.2, -0.15) is 0 Å². The van der Waals surface area contributed by atoms with E-state index in [1.807, 2.05) is 19.1 Å². The maximum atomic E-state index is 12.9. The van der Waals surface area contributed by atoms with Gasteiger partial charge in [0.05, 0.1) is 37.3 Å². The first-order valence-corrected chi connectivity index (χ1v) is 11.2. The van der Waals surface area contributed by atoms with E-state index in [1.165, 1.54) is 7.11 Å². The zero-order valence-corrected chi connectivity index (χ0v) is 19.2. The van der Waals surface area contributed by atoms with Crippen molar-refractivity contribution >= 4 is 29.2 Å². The van der Waals surface area contributed by atoms with Crippen molar-refractivity contribution in [3.05, 3.63) is 59.2 Å². The molecule has 1 fully saturated rings. The van der Waals surface area contributed by atoms with Gasteiger partial charge in [-0.1, -0.05) is 25.5 Å². The highest BCUT2D eigenvalue weighted by Crippen LogP contribution is 2.26. The minimum absolute atomic E-state index is 0.0606. The van der Waals surface area contributed by atoms with Gasteiger partial charge >= 0.3 is 5.97 Å². The van der Waals surface area contributed by atoms with E-state index in [1.54, 1.807) is 35.2 Å². The van der Waals surface area contributed by atoms with Crippen molar-refractivity contribution in [1.29, 1.82) is 0 Å². The van der Waals surface area contributed by atoms with E-state index >= 15 is 0 Å². The molecule has 2 N–H and O–H groups in total. The van der Waals surface area contributed by atoms with Crippen molar-refractivity contribution in [3.63, 3.8) is 0 Å². The molecule has 1 saturated heterocycles. The molecule has 0 atom stereocenters. The Morgan fingerprint density at radius 3 is 2.36 bits per heavy atom. The number of amides is 2. The number of carbonyl (C=O) groups excluding carboxylic acids is 3. The van der Waals surface area contributed by atoms with Crippen LogP contribution in [0.3, 0.4) is 0 Å². The molecule has 0 aromatic heterocycles. The monoisotopic (exact) mass is 453 g/mol. The van der Waals surface area contributed by atoms with E-state index in [9.17, 15) is 14.4 Å². The number of carbonyl (C=O) groups is 3. The first kappa shape index (κ1) is 24.3. The molecular weight excluding hydrogens is 422 g/mol. The van der Waals surface area contributed by atoms with Gasteiger partial charge in [0.25, 0.3) is 5.91 Å². The highest BCUT2D eigenvalue weighted by molar-refractivity contribution is 5.99. The summed E-state index contributed by atoms with van der Waals surface area (Å²) in [6.07, 6.45) is 2.20. The molecule has 0 saturated carbocycles. The van der Waals surface area contributed by atoms with Gasteiger partial charge < -0.3 is 25.0 Å². The first-order chi connectivity index (χ1) is 16.0. The number of hydrogen-bond donors (Lipinski definition) is 2. The lowest BCUT2D eigenvalue weighted by atomic mass is 10.1. The lowest BCUT2D eigenvalue weighted by molar-refractivity contribution is -0.116. The molecule has 0 unspecified atom stereocenters. The Kier molecular flexibility index (Phi) is 8.83. The highest BCUT2D eigenvalue weighted by Gasteiger charge is 2.20. The van der Waals surface area contributed by atoms with Gasteiger partial charge in [-0.05, 0) is 42.3 Å². The molecule has 8 heteroatoms. The smallest absolute Gasteiger partial charge is 0.337 e. The Morgan fingerprint density at radius 2 is 1.70 bits per heavy atom. The van der Waals surface area contributed by atoms with Crippen LogP contribution in [-0.2, 0) is 20.8 Å². The zero-order valence-electron chi connectivity index (χ0n) is 19.2. The number of benzene rings is 2. The summed E-state index contributed by atoms with van der Waals surface area (Å²) >= 11 is 0. The molecule has 1 aliphatic heterocycles. The summed E-state index contributed by atoms with van der Waals surface area (Å²) in [4.78, 5) is 38.7. The average molecular weight is 454 g/mol. The number of methoxy groups -OCH3 is 1. The summed E-state index contributed by atoms with van der Waals surface area (Å²) in [5.41, 5.74) is 3.25. The Balaban J connectivity index is 1.77. The number of nitrogens with one attached hydrogen (secondary N) is 2. The topological polar surface area (TPSA) is 97.0 Å². The van der Waals surface area contributed by atoms with E-state index < -0.39 is 0 Å². The Labute approximate surface area is 194 Å². The van der Waals surface area contributed by atoms with E-state index in [4.69, 9.17) is 9.47 Å². The first-order valence-electron chi connectivity index (χ1n) is 11.2. The summed E-state index contributed by atoms with van der Waals surface area (Å²) in [6.45, 7) is 4.67. The quantitative estimate of drug-likeness (QED) is 0.562. The molecule has 1 heterocycles. The third kappa shape index (κ3) is 6.79. The molecule has 0 spiro atoms. The zero-order chi connectivity index (χ0) is 23.6. The van der Waals surface area contributed by atoms with Crippen LogP contribution in [0, 0.1) is 0 Å². The molecule has 2 amide bonds. The second-order valence-electron chi connectivity index (χ2n) is 7.86. The number of unbranched alkanes of at least 4 members (excludes halogenated alkanes) is 1. The van der Waals surface area contributed by atoms with Crippen LogP contribution in [0.25, 0.3) is 0 Å². The van der Waals surface area contributed by atoms with Gasteiger partial charge in [0.2, 0.25) is 5.91 Å². The lowest BCUT2D eigenvalue weighted by Gasteiger charge is -2.27. The second-order valence-corrected chi connectivity index (χ2v) is 7.86. The number of morpholine rings is 1.